The van der Waals surface area contributed by atoms with Crippen molar-refractivity contribution in [2.45, 2.75) is 13.5 Å². The molecule has 1 N–H and O–H groups in total. The number of aryl methyl sites for hydroxylation is 1. The van der Waals surface area contributed by atoms with Gasteiger partial charge in [0.25, 0.3) is 0 Å². The summed E-state index contributed by atoms with van der Waals surface area (Å²) >= 11 is 6.08. The van der Waals surface area contributed by atoms with Crippen LogP contribution < -0.4 is 5.32 Å². The molecule has 0 bridgehead atoms. The predicted molar refractivity (Wildman–Crippen MR) is 82.7 cm³/mol. The average molecular weight is 300 g/mol. The molecule has 0 fully saturated rings. The first-order valence-corrected chi connectivity index (χ1v) is 6.90. The lowest BCUT2D eigenvalue weighted by Crippen LogP contribution is -2.05. The number of nitrogens with one attached hydrogen (secondary N) is 1. The van der Waals surface area contributed by atoms with Crippen LogP contribution in [0.4, 0.5) is 5.69 Å². The van der Waals surface area contributed by atoms with E-state index in [1.807, 2.05) is 37.4 Å². The first-order chi connectivity index (χ1) is 10.2. The van der Waals surface area contributed by atoms with Crippen molar-refractivity contribution in [1.29, 1.82) is 0 Å². The Balaban J connectivity index is 1.84. The summed E-state index contributed by atoms with van der Waals surface area (Å²) in [5.74, 6) is 0. The number of anilines is 1. The van der Waals surface area contributed by atoms with E-state index < -0.39 is 0 Å². The number of hydrogen-bond donors (Lipinski definition) is 1. The Kier molecular flexibility index (Phi) is 3.83. The number of benzene rings is 1. The minimum atomic E-state index is 0.662. The van der Waals surface area contributed by atoms with E-state index in [1.165, 1.54) is 6.33 Å². The molecule has 3 aromatic rings. The van der Waals surface area contributed by atoms with E-state index >= 15 is 0 Å². The van der Waals surface area contributed by atoms with Crippen LogP contribution in [0.1, 0.15) is 11.3 Å². The summed E-state index contributed by atoms with van der Waals surface area (Å²) in [4.78, 5) is 8.26. The molecule has 0 amide bonds. The van der Waals surface area contributed by atoms with Crippen molar-refractivity contribution in [3.05, 3.63) is 65.5 Å². The van der Waals surface area contributed by atoms with E-state index in [1.54, 1.807) is 11.0 Å². The number of aromatic nitrogens is 4. The molecule has 0 aliphatic rings. The monoisotopic (exact) mass is 299 g/mol. The summed E-state index contributed by atoms with van der Waals surface area (Å²) in [6.45, 7) is 2.63. The highest BCUT2D eigenvalue weighted by Gasteiger charge is 2.06. The molecule has 0 aliphatic carbocycles. The van der Waals surface area contributed by atoms with Crippen molar-refractivity contribution in [3.8, 4) is 5.69 Å². The molecular weight excluding hydrogens is 286 g/mol. The fourth-order valence-corrected chi connectivity index (χ4v) is 2.15. The Bertz CT molecular complexity index is 722. The Hall–Kier alpha value is -2.40. The fourth-order valence-electron chi connectivity index (χ4n) is 1.98. The Labute approximate surface area is 127 Å². The second-order valence-electron chi connectivity index (χ2n) is 4.66. The smallest absolute Gasteiger partial charge is 0.138 e. The molecule has 0 spiro atoms. The maximum absolute atomic E-state index is 6.08. The Morgan fingerprint density at radius 3 is 2.86 bits per heavy atom. The van der Waals surface area contributed by atoms with Gasteiger partial charge >= 0.3 is 0 Å². The third-order valence-corrected chi connectivity index (χ3v) is 3.31. The fraction of sp³-hybridized carbons (Fsp3) is 0.133. The van der Waals surface area contributed by atoms with Crippen molar-refractivity contribution in [1.82, 2.24) is 19.7 Å². The van der Waals surface area contributed by atoms with Crippen molar-refractivity contribution in [2.24, 2.45) is 0 Å². The average Bonchev–Trinajstić information content (AvgIpc) is 3.01. The van der Waals surface area contributed by atoms with Crippen LogP contribution in [0.2, 0.25) is 5.02 Å². The zero-order valence-electron chi connectivity index (χ0n) is 11.5. The van der Waals surface area contributed by atoms with E-state index in [-0.39, 0.29) is 0 Å². The summed E-state index contributed by atoms with van der Waals surface area (Å²) in [6.07, 6.45) is 5.02. The number of halogens is 1. The van der Waals surface area contributed by atoms with E-state index in [2.05, 4.69) is 26.4 Å². The molecule has 0 saturated carbocycles. The lowest BCUT2D eigenvalue weighted by molar-refractivity contribution is 0.877. The Morgan fingerprint density at radius 2 is 2.14 bits per heavy atom. The van der Waals surface area contributed by atoms with E-state index in [0.29, 0.717) is 11.6 Å². The maximum atomic E-state index is 6.08. The van der Waals surface area contributed by atoms with Gasteiger partial charge in [-0.25, -0.2) is 9.67 Å². The normalized spacial score (nSPS) is 10.6. The van der Waals surface area contributed by atoms with Crippen LogP contribution >= 0.6 is 11.6 Å². The highest BCUT2D eigenvalue weighted by Crippen LogP contribution is 2.24. The Morgan fingerprint density at radius 1 is 1.24 bits per heavy atom. The molecule has 5 nitrogen and oxygen atoms in total. The highest BCUT2D eigenvalue weighted by molar-refractivity contribution is 6.31. The van der Waals surface area contributed by atoms with Gasteiger partial charge in [-0.3, -0.25) is 4.98 Å². The number of rotatable bonds is 4. The van der Waals surface area contributed by atoms with Crippen LogP contribution in [0, 0.1) is 6.92 Å². The molecule has 106 valence electrons. The van der Waals surface area contributed by atoms with Gasteiger partial charge in [-0.05, 0) is 36.8 Å². The second kappa shape index (κ2) is 5.93. The number of pyridine rings is 1. The van der Waals surface area contributed by atoms with Gasteiger partial charge in [0, 0.05) is 23.5 Å². The van der Waals surface area contributed by atoms with Crippen molar-refractivity contribution in [3.63, 3.8) is 0 Å². The van der Waals surface area contributed by atoms with Gasteiger partial charge in [-0.1, -0.05) is 17.7 Å². The van der Waals surface area contributed by atoms with Crippen molar-refractivity contribution < 1.29 is 0 Å². The number of hydrogen-bond acceptors (Lipinski definition) is 4. The molecule has 0 aliphatic heterocycles. The molecule has 0 saturated heterocycles. The third kappa shape index (κ3) is 3.20. The van der Waals surface area contributed by atoms with Gasteiger partial charge in [-0.15, -0.1) is 0 Å². The first kappa shape index (κ1) is 13.6. The second-order valence-corrected chi connectivity index (χ2v) is 5.10. The summed E-state index contributed by atoms with van der Waals surface area (Å²) < 4.78 is 1.70. The minimum absolute atomic E-state index is 0.662. The highest BCUT2D eigenvalue weighted by atomic mass is 35.5. The molecule has 21 heavy (non-hydrogen) atoms. The van der Waals surface area contributed by atoms with Gasteiger partial charge in [-0.2, -0.15) is 5.10 Å². The lowest BCUT2D eigenvalue weighted by atomic mass is 10.2. The first-order valence-electron chi connectivity index (χ1n) is 6.52. The van der Waals surface area contributed by atoms with Crippen LogP contribution in [0.25, 0.3) is 5.69 Å². The molecular formula is C15H14ClN5. The van der Waals surface area contributed by atoms with Crippen LogP contribution in [0.5, 0.6) is 0 Å². The van der Waals surface area contributed by atoms with Crippen LogP contribution in [-0.2, 0) is 6.54 Å². The van der Waals surface area contributed by atoms with Crippen molar-refractivity contribution in [2.75, 3.05) is 5.32 Å². The van der Waals surface area contributed by atoms with E-state index in [0.717, 1.165) is 22.6 Å². The zero-order chi connectivity index (χ0) is 14.7. The quantitative estimate of drug-likeness (QED) is 0.803. The van der Waals surface area contributed by atoms with Gasteiger partial charge in [0.15, 0.2) is 0 Å². The minimum Gasteiger partial charge on any atom is -0.379 e. The van der Waals surface area contributed by atoms with E-state index in [4.69, 9.17) is 11.6 Å². The summed E-state index contributed by atoms with van der Waals surface area (Å²) in [5.41, 5.74) is 3.90. The molecule has 6 heteroatoms. The topological polar surface area (TPSA) is 55.6 Å². The van der Waals surface area contributed by atoms with Crippen molar-refractivity contribution >= 4 is 17.3 Å². The molecule has 2 aromatic heterocycles. The lowest BCUT2D eigenvalue weighted by Gasteiger charge is -2.12. The summed E-state index contributed by atoms with van der Waals surface area (Å²) in [6, 6.07) is 9.66. The summed E-state index contributed by atoms with van der Waals surface area (Å²) in [5, 5.41) is 8.19. The standard InChI is InChI=1S/C15H14ClN5/c1-11-2-3-12(7-18-11)8-19-14-6-13(16)4-5-15(14)21-10-17-9-20-21/h2-7,9-10,19H,8H2,1H3. The van der Waals surface area contributed by atoms with Gasteiger partial charge in [0.05, 0.1) is 11.4 Å². The summed E-state index contributed by atoms with van der Waals surface area (Å²) in [7, 11) is 0. The zero-order valence-corrected chi connectivity index (χ0v) is 12.2. The van der Waals surface area contributed by atoms with Crippen LogP contribution in [-0.4, -0.2) is 19.7 Å². The molecule has 2 heterocycles. The molecule has 0 radical (unpaired) electrons. The van der Waals surface area contributed by atoms with Crippen LogP contribution in [0.15, 0.2) is 49.2 Å². The molecule has 0 unspecified atom stereocenters. The number of nitrogens with zero attached hydrogens (tertiary/aromatic N) is 4. The third-order valence-electron chi connectivity index (χ3n) is 3.08. The van der Waals surface area contributed by atoms with Gasteiger partial charge in [0.1, 0.15) is 12.7 Å². The van der Waals surface area contributed by atoms with Gasteiger partial charge in [0.2, 0.25) is 0 Å². The SMILES string of the molecule is Cc1ccc(CNc2cc(Cl)ccc2-n2cncn2)cn1. The molecule has 0 atom stereocenters. The van der Waals surface area contributed by atoms with E-state index in [9.17, 15) is 0 Å². The largest absolute Gasteiger partial charge is 0.379 e. The molecule has 3 rings (SSSR count). The maximum Gasteiger partial charge on any atom is 0.138 e. The van der Waals surface area contributed by atoms with Crippen LogP contribution in [0.3, 0.4) is 0 Å². The van der Waals surface area contributed by atoms with Gasteiger partial charge < -0.3 is 5.32 Å². The predicted octanol–water partition coefficient (Wildman–Crippen LogP) is 3.24. The molecule has 1 aromatic carbocycles.